The monoisotopic (exact) mass is 778 g/mol. The Balaban J connectivity index is 0.989. The molecule has 0 aliphatic carbocycles. The Morgan fingerprint density at radius 3 is 1.43 bits per heavy atom. The summed E-state index contributed by atoms with van der Waals surface area (Å²) in [6.45, 7) is 0. The molecule has 61 heavy (non-hydrogen) atoms. The zero-order valence-corrected chi connectivity index (χ0v) is 32.8. The standard InChI is InChI=1S/C55H34N6/c1-3-14-35(15-4-1)53-58-54(36-16-5-2-6-17-36)60-55(59-53)41-22-12-20-39(33-41)37-18-11-19-38(32-37)40-21-13-23-42(34-40)61-48-27-10-9-24-43(48)46-28-29-47-49(52(46)61)44-25-7-8-26-45(44)50-51(47)57-31-30-56-50/h1-34H. The van der Waals surface area contributed by atoms with Crippen molar-refractivity contribution in [1.29, 1.82) is 0 Å². The molecule has 3 heterocycles. The summed E-state index contributed by atoms with van der Waals surface area (Å²) < 4.78 is 2.43. The Morgan fingerprint density at radius 2 is 0.770 bits per heavy atom. The lowest BCUT2D eigenvalue weighted by Crippen LogP contribution is -2.00. The van der Waals surface area contributed by atoms with Crippen LogP contribution in [0.3, 0.4) is 0 Å². The molecule has 0 aliphatic heterocycles. The second-order valence-corrected chi connectivity index (χ2v) is 15.3. The van der Waals surface area contributed by atoms with Gasteiger partial charge in [-0.2, -0.15) is 0 Å². The zero-order chi connectivity index (χ0) is 40.3. The summed E-state index contributed by atoms with van der Waals surface area (Å²) in [6.07, 6.45) is 3.58. The van der Waals surface area contributed by atoms with Crippen molar-refractivity contribution in [3.63, 3.8) is 0 Å². The van der Waals surface area contributed by atoms with Gasteiger partial charge in [-0.15, -0.1) is 0 Å². The average Bonchev–Trinajstić information content (AvgIpc) is 3.69. The molecule has 0 radical (unpaired) electrons. The van der Waals surface area contributed by atoms with Gasteiger partial charge in [0.05, 0.1) is 22.1 Å². The lowest BCUT2D eigenvalue weighted by atomic mass is 9.96. The molecule has 0 fully saturated rings. The topological polar surface area (TPSA) is 69.4 Å². The van der Waals surface area contributed by atoms with Gasteiger partial charge in [0.15, 0.2) is 17.5 Å². The van der Waals surface area contributed by atoms with Crippen molar-refractivity contribution in [2.24, 2.45) is 0 Å². The normalized spacial score (nSPS) is 11.6. The van der Waals surface area contributed by atoms with E-state index in [4.69, 9.17) is 24.9 Å². The van der Waals surface area contributed by atoms with E-state index < -0.39 is 0 Å². The largest absolute Gasteiger partial charge is 0.309 e. The van der Waals surface area contributed by atoms with Gasteiger partial charge in [0.25, 0.3) is 0 Å². The third kappa shape index (κ3) is 5.84. The highest BCUT2D eigenvalue weighted by Gasteiger charge is 2.20. The Morgan fingerprint density at radius 1 is 0.311 bits per heavy atom. The summed E-state index contributed by atoms with van der Waals surface area (Å²) in [7, 11) is 0. The van der Waals surface area contributed by atoms with Crippen molar-refractivity contribution in [3.8, 4) is 62.1 Å². The van der Waals surface area contributed by atoms with Gasteiger partial charge in [-0.25, -0.2) is 15.0 Å². The third-order valence-corrected chi connectivity index (χ3v) is 11.7. The van der Waals surface area contributed by atoms with Gasteiger partial charge in [-0.05, 0) is 58.0 Å². The van der Waals surface area contributed by atoms with Crippen LogP contribution < -0.4 is 0 Å². The molecule has 0 amide bonds. The second-order valence-electron chi connectivity index (χ2n) is 15.3. The summed E-state index contributed by atoms with van der Waals surface area (Å²) in [4.78, 5) is 24.6. The minimum absolute atomic E-state index is 0.630. The summed E-state index contributed by atoms with van der Waals surface area (Å²) in [5.74, 6) is 1.91. The number of nitrogens with zero attached hydrogens (tertiary/aromatic N) is 6. The van der Waals surface area contributed by atoms with E-state index in [1.165, 1.54) is 16.2 Å². The quantitative estimate of drug-likeness (QED) is 0.157. The molecular weight excluding hydrogens is 745 g/mol. The number of rotatable bonds is 6. The molecule has 0 unspecified atom stereocenters. The van der Waals surface area contributed by atoms with Crippen LogP contribution in [0.2, 0.25) is 0 Å². The van der Waals surface area contributed by atoms with Crippen molar-refractivity contribution < 1.29 is 0 Å². The highest BCUT2D eigenvalue weighted by atomic mass is 15.0. The maximum Gasteiger partial charge on any atom is 0.164 e. The first-order chi connectivity index (χ1) is 30.2. The summed E-state index contributed by atoms with van der Waals surface area (Å²) in [5, 5.41) is 6.94. The van der Waals surface area contributed by atoms with Crippen LogP contribution in [0.4, 0.5) is 0 Å². The van der Waals surface area contributed by atoms with Crippen molar-refractivity contribution in [2.45, 2.75) is 0 Å². The fraction of sp³-hybridized carbons (Fsp3) is 0. The molecule has 6 heteroatoms. The smallest absolute Gasteiger partial charge is 0.164 e. The zero-order valence-electron chi connectivity index (χ0n) is 32.8. The number of fused-ring (bicyclic) bond motifs is 10. The number of hydrogen-bond donors (Lipinski definition) is 0. The van der Waals surface area contributed by atoms with Gasteiger partial charge >= 0.3 is 0 Å². The van der Waals surface area contributed by atoms with E-state index in [1.807, 2.05) is 60.7 Å². The summed E-state index contributed by atoms with van der Waals surface area (Å²) in [6, 6.07) is 68.1. The molecular formula is C55H34N6. The highest BCUT2D eigenvalue weighted by molar-refractivity contribution is 6.32. The fourth-order valence-corrected chi connectivity index (χ4v) is 8.91. The van der Waals surface area contributed by atoms with Crippen LogP contribution in [-0.4, -0.2) is 29.5 Å². The average molecular weight is 779 g/mol. The van der Waals surface area contributed by atoms with E-state index in [2.05, 4.69) is 138 Å². The fourth-order valence-electron chi connectivity index (χ4n) is 8.91. The highest BCUT2D eigenvalue weighted by Crippen LogP contribution is 2.42. The van der Waals surface area contributed by atoms with Crippen LogP contribution in [0.25, 0.3) is 116 Å². The number of hydrogen-bond acceptors (Lipinski definition) is 5. The van der Waals surface area contributed by atoms with Crippen LogP contribution >= 0.6 is 0 Å². The maximum atomic E-state index is 5.00. The molecule has 3 aromatic heterocycles. The van der Waals surface area contributed by atoms with E-state index >= 15 is 0 Å². The molecule has 0 bridgehead atoms. The van der Waals surface area contributed by atoms with Crippen LogP contribution in [0.5, 0.6) is 0 Å². The maximum absolute atomic E-state index is 5.00. The summed E-state index contributed by atoms with van der Waals surface area (Å²) >= 11 is 0. The number of aromatic nitrogens is 6. The van der Waals surface area contributed by atoms with Crippen LogP contribution in [0.1, 0.15) is 0 Å². The Kier molecular flexibility index (Phi) is 8.06. The molecule has 0 spiro atoms. The first kappa shape index (κ1) is 34.7. The van der Waals surface area contributed by atoms with Gasteiger partial charge in [0.1, 0.15) is 0 Å². The Bertz CT molecular complexity index is 3560. The van der Waals surface area contributed by atoms with Crippen LogP contribution in [0, 0.1) is 0 Å². The van der Waals surface area contributed by atoms with Gasteiger partial charge in [-0.1, -0.05) is 164 Å². The van der Waals surface area contributed by atoms with Crippen molar-refractivity contribution in [2.75, 3.05) is 0 Å². The molecule has 0 saturated heterocycles. The molecule has 9 aromatic carbocycles. The van der Waals surface area contributed by atoms with E-state index in [-0.39, 0.29) is 0 Å². The molecule has 0 aliphatic rings. The Hall–Kier alpha value is -8.35. The lowest BCUT2D eigenvalue weighted by molar-refractivity contribution is 1.07. The van der Waals surface area contributed by atoms with E-state index in [9.17, 15) is 0 Å². The minimum atomic E-state index is 0.630. The van der Waals surface area contributed by atoms with E-state index in [0.717, 1.165) is 82.9 Å². The van der Waals surface area contributed by atoms with Crippen LogP contribution in [0.15, 0.2) is 207 Å². The van der Waals surface area contributed by atoms with E-state index in [1.54, 1.807) is 12.4 Å². The number of para-hydroxylation sites is 1. The predicted octanol–water partition coefficient (Wildman–Crippen LogP) is 13.6. The first-order valence-corrected chi connectivity index (χ1v) is 20.4. The SMILES string of the molecule is c1ccc(-c2nc(-c3ccccc3)nc(-c3cccc(-c4cccc(-c5cccc(-n6c7ccccc7c7ccc8c9nccnc9c9ccccc9c8c76)c5)c4)c3)n2)cc1. The second kappa shape index (κ2) is 14.2. The number of benzene rings is 9. The predicted molar refractivity (Wildman–Crippen MR) is 249 cm³/mol. The molecule has 0 N–H and O–H groups in total. The van der Waals surface area contributed by atoms with E-state index in [0.29, 0.717) is 17.5 Å². The molecule has 6 nitrogen and oxygen atoms in total. The van der Waals surface area contributed by atoms with Gasteiger partial charge in [0.2, 0.25) is 0 Å². The van der Waals surface area contributed by atoms with Crippen molar-refractivity contribution in [1.82, 2.24) is 29.5 Å². The first-order valence-electron chi connectivity index (χ1n) is 20.4. The molecule has 12 rings (SSSR count). The molecule has 284 valence electrons. The molecule has 0 atom stereocenters. The van der Waals surface area contributed by atoms with Crippen molar-refractivity contribution >= 4 is 54.4 Å². The Labute approximate surface area is 351 Å². The van der Waals surface area contributed by atoms with Gasteiger partial charge in [-0.3, -0.25) is 9.97 Å². The molecule has 0 saturated carbocycles. The molecule has 12 aromatic rings. The van der Waals surface area contributed by atoms with Crippen molar-refractivity contribution in [3.05, 3.63) is 207 Å². The van der Waals surface area contributed by atoms with Gasteiger partial charge < -0.3 is 4.57 Å². The third-order valence-electron chi connectivity index (χ3n) is 11.7. The summed E-state index contributed by atoms with van der Waals surface area (Å²) in [5.41, 5.74) is 12.5. The lowest BCUT2D eigenvalue weighted by Gasteiger charge is -2.14. The minimum Gasteiger partial charge on any atom is -0.309 e. The van der Waals surface area contributed by atoms with Crippen LogP contribution in [-0.2, 0) is 0 Å². The van der Waals surface area contributed by atoms with Gasteiger partial charge in [0, 0.05) is 61.7 Å².